The van der Waals surface area contributed by atoms with Gasteiger partial charge in [0, 0.05) is 24.1 Å². The molecule has 0 radical (unpaired) electrons. The number of benzene rings is 2. The number of hydrogen-bond acceptors (Lipinski definition) is 4. The molecule has 3 rings (SSSR count). The average Bonchev–Trinajstić information content (AvgIpc) is 2.59. The van der Waals surface area contributed by atoms with E-state index in [4.69, 9.17) is 25.8 Å². The minimum atomic E-state index is -0.114. The molecule has 1 N–H and O–H groups in total. The molecule has 24 heavy (non-hydrogen) atoms. The van der Waals surface area contributed by atoms with E-state index in [-0.39, 0.29) is 11.8 Å². The molecule has 1 atom stereocenters. The van der Waals surface area contributed by atoms with Crippen LogP contribution in [0.15, 0.2) is 30.3 Å². The maximum absolute atomic E-state index is 12.1. The Morgan fingerprint density at radius 1 is 1.00 bits per heavy atom. The van der Waals surface area contributed by atoms with Crippen LogP contribution in [0.5, 0.6) is 17.2 Å². The van der Waals surface area contributed by atoms with Crippen molar-refractivity contribution in [2.75, 3.05) is 26.6 Å². The van der Waals surface area contributed by atoms with Crippen LogP contribution in [0.3, 0.4) is 0 Å². The second-order valence-electron chi connectivity index (χ2n) is 5.49. The lowest BCUT2D eigenvalue weighted by Crippen LogP contribution is -2.23. The van der Waals surface area contributed by atoms with Gasteiger partial charge in [0.15, 0.2) is 11.5 Å². The molecule has 0 saturated heterocycles. The second-order valence-corrected chi connectivity index (χ2v) is 5.90. The first-order chi connectivity index (χ1) is 11.6. The number of ether oxygens (including phenoxy) is 3. The smallest absolute Gasteiger partial charge is 0.225 e. The second kappa shape index (κ2) is 6.61. The fourth-order valence-corrected chi connectivity index (χ4v) is 3.25. The van der Waals surface area contributed by atoms with Crippen LogP contribution in [0.4, 0.5) is 5.69 Å². The summed E-state index contributed by atoms with van der Waals surface area (Å²) in [5, 5.41) is 3.41. The van der Waals surface area contributed by atoms with Gasteiger partial charge in [0.05, 0.1) is 26.4 Å². The third-order valence-electron chi connectivity index (χ3n) is 4.17. The van der Waals surface area contributed by atoms with E-state index in [0.717, 1.165) is 16.8 Å². The molecule has 1 aliphatic heterocycles. The summed E-state index contributed by atoms with van der Waals surface area (Å²) in [6.45, 7) is 0. The van der Waals surface area contributed by atoms with Crippen molar-refractivity contribution in [3.05, 3.63) is 46.5 Å². The lowest BCUT2D eigenvalue weighted by atomic mass is 9.84. The van der Waals surface area contributed by atoms with Gasteiger partial charge < -0.3 is 19.5 Å². The number of carbonyl (C=O) groups excluding carboxylic acids is 1. The SMILES string of the molecule is COc1ccc(C2CC(=O)Nc3cc(OC)c(OC)cc32)cc1Cl. The molecule has 6 heteroatoms. The van der Waals surface area contributed by atoms with Gasteiger partial charge >= 0.3 is 0 Å². The first kappa shape index (κ1) is 16.5. The van der Waals surface area contributed by atoms with Gasteiger partial charge in [-0.15, -0.1) is 0 Å². The molecule has 0 bridgehead atoms. The van der Waals surface area contributed by atoms with Gasteiger partial charge in [0.25, 0.3) is 0 Å². The normalized spacial score (nSPS) is 16.2. The molecule has 126 valence electrons. The molecule has 0 aliphatic carbocycles. The van der Waals surface area contributed by atoms with E-state index in [1.165, 1.54) is 0 Å². The van der Waals surface area contributed by atoms with Gasteiger partial charge in [-0.25, -0.2) is 0 Å². The maximum Gasteiger partial charge on any atom is 0.225 e. The van der Waals surface area contributed by atoms with Crippen LogP contribution in [0.25, 0.3) is 0 Å². The summed E-state index contributed by atoms with van der Waals surface area (Å²) in [6.07, 6.45) is 0.338. The van der Waals surface area contributed by atoms with Crippen molar-refractivity contribution >= 4 is 23.2 Å². The lowest BCUT2D eigenvalue weighted by molar-refractivity contribution is -0.116. The van der Waals surface area contributed by atoms with Crippen LogP contribution in [-0.2, 0) is 4.79 Å². The number of hydrogen-bond donors (Lipinski definition) is 1. The van der Waals surface area contributed by atoms with E-state index in [9.17, 15) is 4.79 Å². The number of nitrogens with one attached hydrogen (secondary N) is 1. The minimum Gasteiger partial charge on any atom is -0.495 e. The van der Waals surface area contributed by atoms with Crippen molar-refractivity contribution < 1.29 is 19.0 Å². The molecule has 1 heterocycles. The number of fused-ring (bicyclic) bond motifs is 1. The van der Waals surface area contributed by atoms with Gasteiger partial charge in [0.1, 0.15) is 5.75 Å². The molecule has 0 spiro atoms. The van der Waals surface area contributed by atoms with Crippen LogP contribution in [0.2, 0.25) is 5.02 Å². The van der Waals surface area contributed by atoms with Crippen LogP contribution in [-0.4, -0.2) is 27.2 Å². The number of amides is 1. The lowest BCUT2D eigenvalue weighted by Gasteiger charge is -2.27. The van der Waals surface area contributed by atoms with E-state index in [1.54, 1.807) is 27.4 Å². The highest BCUT2D eigenvalue weighted by Gasteiger charge is 2.28. The Morgan fingerprint density at radius 2 is 1.67 bits per heavy atom. The largest absolute Gasteiger partial charge is 0.495 e. The number of anilines is 1. The zero-order valence-electron chi connectivity index (χ0n) is 13.7. The standard InChI is InChI=1S/C18H18ClNO4/c1-22-15-5-4-10(6-13(15)19)11-8-18(21)20-14-9-17(24-3)16(23-2)7-12(11)14/h4-7,9,11H,8H2,1-3H3,(H,20,21). The third kappa shape index (κ3) is 2.87. The molecule has 1 amide bonds. The van der Waals surface area contributed by atoms with Crippen molar-refractivity contribution in [3.8, 4) is 17.2 Å². The molecule has 0 aromatic heterocycles. The van der Waals surface area contributed by atoms with Crippen molar-refractivity contribution in [1.82, 2.24) is 0 Å². The molecular formula is C18H18ClNO4. The average molecular weight is 348 g/mol. The van der Waals surface area contributed by atoms with Gasteiger partial charge in [-0.3, -0.25) is 4.79 Å². The van der Waals surface area contributed by atoms with Crippen molar-refractivity contribution in [1.29, 1.82) is 0 Å². The predicted octanol–water partition coefficient (Wildman–Crippen LogP) is 3.84. The summed E-state index contributed by atoms with van der Waals surface area (Å²) in [5.74, 6) is 1.64. The Balaban J connectivity index is 2.11. The van der Waals surface area contributed by atoms with E-state index < -0.39 is 0 Å². The Labute approximate surface area is 145 Å². The van der Waals surface area contributed by atoms with Crippen LogP contribution >= 0.6 is 11.6 Å². The number of halogens is 1. The fraction of sp³-hybridized carbons (Fsp3) is 0.278. The quantitative estimate of drug-likeness (QED) is 0.913. The highest BCUT2D eigenvalue weighted by atomic mass is 35.5. The molecule has 0 saturated carbocycles. The maximum atomic E-state index is 12.1. The highest BCUT2D eigenvalue weighted by Crippen LogP contribution is 2.44. The van der Waals surface area contributed by atoms with Gasteiger partial charge in [-0.2, -0.15) is 0 Å². The topological polar surface area (TPSA) is 56.8 Å². The molecule has 2 aromatic carbocycles. The van der Waals surface area contributed by atoms with E-state index in [0.29, 0.717) is 28.7 Å². The van der Waals surface area contributed by atoms with Crippen LogP contribution in [0.1, 0.15) is 23.5 Å². The monoisotopic (exact) mass is 347 g/mol. The molecular weight excluding hydrogens is 330 g/mol. The van der Waals surface area contributed by atoms with Crippen molar-refractivity contribution in [3.63, 3.8) is 0 Å². The minimum absolute atomic E-state index is 0.0494. The first-order valence-electron chi connectivity index (χ1n) is 7.46. The van der Waals surface area contributed by atoms with Crippen LogP contribution in [0, 0.1) is 0 Å². The van der Waals surface area contributed by atoms with E-state index >= 15 is 0 Å². The molecule has 1 aliphatic rings. The predicted molar refractivity (Wildman–Crippen MR) is 92.6 cm³/mol. The molecule has 0 fully saturated rings. The Morgan fingerprint density at radius 3 is 2.29 bits per heavy atom. The zero-order valence-corrected chi connectivity index (χ0v) is 14.4. The zero-order chi connectivity index (χ0) is 17.3. The van der Waals surface area contributed by atoms with Crippen molar-refractivity contribution in [2.45, 2.75) is 12.3 Å². The Bertz CT molecular complexity index is 791. The van der Waals surface area contributed by atoms with Gasteiger partial charge in [-0.1, -0.05) is 17.7 Å². The molecule has 5 nitrogen and oxygen atoms in total. The summed E-state index contributed by atoms with van der Waals surface area (Å²) in [7, 11) is 4.72. The first-order valence-corrected chi connectivity index (χ1v) is 7.84. The summed E-state index contributed by atoms with van der Waals surface area (Å²) < 4.78 is 15.9. The Kier molecular flexibility index (Phi) is 4.53. The summed E-state index contributed by atoms with van der Waals surface area (Å²) in [4.78, 5) is 12.1. The van der Waals surface area contributed by atoms with Crippen LogP contribution < -0.4 is 19.5 Å². The fourth-order valence-electron chi connectivity index (χ4n) is 2.98. The third-order valence-corrected chi connectivity index (χ3v) is 4.47. The van der Waals surface area contributed by atoms with Crippen molar-refractivity contribution in [2.24, 2.45) is 0 Å². The van der Waals surface area contributed by atoms with Gasteiger partial charge in [0.2, 0.25) is 5.91 Å². The molecule has 1 unspecified atom stereocenters. The van der Waals surface area contributed by atoms with E-state index in [2.05, 4.69) is 5.32 Å². The number of methoxy groups -OCH3 is 3. The van der Waals surface area contributed by atoms with Gasteiger partial charge in [-0.05, 0) is 29.3 Å². The summed E-state index contributed by atoms with van der Waals surface area (Å²) in [6, 6.07) is 9.25. The summed E-state index contributed by atoms with van der Waals surface area (Å²) >= 11 is 6.25. The Hall–Kier alpha value is -2.40. The number of rotatable bonds is 4. The summed E-state index contributed by atoms with van der Waals surface area (Å²) in [5.41, 5.74) is 2.64. The molecule has 2 aromatic rings. The van der Waals surface area contributed by atoms with E-state index in [1.807, 2.05) is 24.3 Å². The number of carbonyl (C=O) groups is 1. The highest BCUT2D eigenvalue weighted by molar-refractivity contribution is 6.32.